The molecule has 52 heavy (non-hydrogen) atoms. The molecule has 17 nitrogen and oxygen atoms in total. The summed E-state index contributed by atoms with van der Waals surface area (Å²) in [4.78, 5) is 65.1. The van der Waals surface area contributed by atoms with E-state index in [1.807, 2.05) is 26.8 Å². The van der Waals surface area contributed by atoms with Gasteiger partial charge >= 0.3 is 6.09 Å². The Morgan fingerprint density at radius 2 is 1.40 bits per heavy atom. The Hall–Kier alpha value is -4.16. The number of nitrogens with one attached hydrogen (secondary N) is 2. The summed E-state index contributed by atoms with van der Waals surface area (Å²) in [6, 6.07) is 4.54. The quantitative estimate of drug-likeness (QED) is 0.147. The van der Waals surface area contributed by atoms with E-state index in [0.29, 0.717) is 115 Å². The lowest BCUT2D eigenvalue weighted by Gasteiger charge is -2.35. The van der Waals surface area contributed by atoms with E-state index in [9.17, 15) is 24.0 Å². The fraction of sp³-hybridized carbons (Fsp3) is 0.657. The number of rotatable bonds is 20. The Kier molecular flexibility index (Phi) is 16.2. The van der Waals surface area contributed by atoms with Gasteiger partial charge in [-0.3, -0.25) is 24.5 Å². The number of hydrogen-bond acceptors (Lipinski definition) is 13. The Labute approximate surface area is 303 Å². The lowest BCUT2D eigenvalue weighted by Crippen LogP contribution is -2.51. The minimum atomic E-state index is -0.832. The zero-order chi connectivity index (χ0) is 37.3. The number of imide groups is 1. The monoisotopic (exact) mass is 732 g/mol. The van der Waals surface area contributed by atoms with Gasteiger partial charge in [-0.25, -0.2) is 9.48 Å². The molecule has 17 heteroatoms. The highest BCUT2D eigenvalue weighted by atomic mass is 16.6. The summed E-state index contributed by atoms with van der Waals surface area (Å²) < 4.78 is 34.2. The molecule has 2 aliphatic rings. The number of carbonyl (C=O) groups excluding carboxylic acids is 4. The molecule has 4 rings (SSSR count). The van der Waals surface area contributed by atoms with Crippen molar-refractivity contribution in [1.82, 2.24) is 24.9 Å². The van der Waals surface area contributed by atoms with Crippen LogP contribution in [-0.2, 0) is 42.8 Å². The van der Waals surface area contributed by atoms with Crippen LogP contribution < -0.4 is 16.2 Å². The SMILES string of the molecule is CC(C)(C)OC(=O)N1CCN(C(=O)CCOCCOCCOCCOCCOCCNc2cccc3cnn(C4CCC(=O)NC4=O)c(=O)c23)CC1. The highest BCUT2D eigenvalue weighted by Crippen LogP contribution is 2.22. The number of hydrogen-bond donors (Lipinski definition) is 2. The van der Waals surface area contributed by atoms with Crippen molar-refractivity contribution in [3.05, 3.63) is 34.7 Å². The van der Waals surface area contributed by atoms with E-state index in [-0.39, 0.29) is 37.2 Å². The van der Waals surface area contributed by atoms with Crippen molar-refractivity contribution >= 4 is 40.3 Å². The van der Waals surface area contributed by atoms with Gasteiger partial charge in [0, 0.05) is 50.2 Å². The van der Waals surface area contributed by atoms with E-state index >= 15 is 0 Å². The molecule has 1 unspecified atom stereocenters. The van der Waals surface area contributed by atoms with Gasteiger partial charge in [0.2, 0.25) is 11.8 Å². The Bertz CT molecular complexity index is 1540. The topological polar surface area (TPSA) is 189 Å². The summed E-state index contributed by atoms with van der Waals surface area (Å²) in [6.45, 7) is 11.7. The van der Waals surface area contributed by atoms with Crippen LogP contribution in [0.1, 0.15) is 46.1 Å². The number of fused-ring (bicyclic) bond motifs is 1. The van der Waals surface area contributed by atoms with Crippen LogP contribution in [0.25, 0.3) is 10.8 Å². The average molecular weight is 733 g/mol. The number of carbonyl (C=O) groups is 4. The van der Waals surface area contributed by atoms with E-state index in [4.69, 9.17) is 28.4 Å². The highest BCUT2D eigenvalue weighted by molar-refractivity contribution is 5.99. The van der Waals surface area contributed by atoms with Crippen molar-refractivity contribution in [2.75, 3.05) is 104 Å². The summed E-state index contributed by atoms with van der Waals surface area (Å²) in [5.74, 6) is -0.881. The van der Waals surface area contributed by atoms with Gasteiger partial charge in [0.1, 0.15) is 11.6 Å². The number of benzene rings is 1. The van der Waals surface area contributed by atoms with Crippen molar-refractivity contribution in [3.8, 4) is 0 Å². The molecule has 4 amide bonds. The second-order valence-electron chi connectivity index (χ2n) is 13.2. The molecule has 0 spiro atoms. The molecule has 1 aromatic carbocycles. The van der Waals surface area contributed by atoms with Crippen molar-refractivity contribution in [3.63, 3.8) is 0 Å². The third-order valence-corrected chi connectivity index (χ3v) is 8.14. The van der Waals surface area contributed by atoms with Crippen molar-refractivity contribution < 1.29 is 47.6 Å². The van der Waals surface area contributed by atoms with Crippen LogP contribution in [0.5, 0.6) is 0 Å². The molecule has 0 radical (unpaired) electrons. The lowest BCUT2D eigenvalue weighted by atomic mass is 10.1. The first-order valence-electron chi connectivity index (χ1n) is 17.8. The Morgan fingerprint density at radius 1 is 0.827 bits per heavy atom. The van der Waals surface area contributed by atoms with Crippen LogP contribution in [0.2, 0.25) is 0 Å². The molecular formula is C35H52N6O11. The first-order chi connectivity index (χ1) is 25.0. The number of amides is 4. The van der Waals surface area contributed by atoms with Crippen LogP contribution in [0.4, 0.5) is 10.5 Å². The molecule has 0 saturated carbocycles. The fourth-order valence-electron chi connectivity index (χ4n) is 5.51. The first-order valence-corrected chi connectivity index (χ1v) is 17.8. The minimum absolute atomic E-state index is 0.00259. The molecule has 288 valence electrons. The number of ether oxygens (including phenoxy) is 6. The standard InChI is InChI=1S/C35H52N6O11/c1-35(2,3)52-34(46)40-13-11-39(12-14-40)30(43)9-15-47-17-19-49-21-23-51-24-22-50-20-18-48-16-10-36-27-6-4-5-26-25-37-41(33(45)31(26)27)28-7-8-29(42)38-32(28)44/h4-6,25,28,36H,7-24H2,1-3H3,(H,38,42,44). The van der Waals surface area contributed by atoms with E-state index in [1.165, 1.54) is 0 Å². The second-order valence-corrected chi connectivity index (χ2v) is 13.2. The molecule has 0 aliphatic carbocycles. The number of piperazine rings is 1. The van der Waals surface area contributed by atoms with Gasteiger partial charge in [0.25, 0.3) is 11.5 Å². The van der Waals surface area contributed by atoms with Crippen molar-refractivity contribution in [2.24, 2.45) is 0 Å². The number of aromatic nitrogens is 2. The number of nitrogens with zero attached hydrogens (tertiary/aromatic N) is 4. The predicted molar refractivity (Wildman–Crippen MR) is 189 cm³/mol. The lowest BCUT2D eigenvalue weighted by molar-refractivity contribution is -0.136. The van der Waals surface area contributed by atoms with Gasteiger partial charge in [0.05, 0.1) is 84.1 Å². The maximum Gasteiger partial charge on any atom is 0.410 e. The van der Waals surface area contributed by atoms with Crippen LogP contribution in [-0.4, -0.2) is 148 Å². The number of piperidine rings is 1. The first kappa shape index (κ1) is 40.6. The molecule has 3 heterocycles. The maximum atomic E-state index is 13.3. The van der Waals surface area contributed by atoms with Crippen molar-refractivity contribution in [1.29, 1.82) is 0 Å². The van der Waals surface area contributed by atoms with Gasteiger partial charge in [-0.1, -0.05) is 12.1 Å². The minimum Gasteiger partial charge on any atom is -0.444 e. The largest absolute Gasteiger partial charge is 0.444 e. The Morgan fingerprint density at radius 3 is 2.00 bits per heavy atom. The summed E-state index contributed by atoms with van der Waals surface area (Å²) in [5, 5.41) is 10.7. The Balaban J connectivity index is 0.947. The van der Waals surface area contributed by atoms with Gasteiger partial charge in [0.15, 0.2) is 0 Å². The normalized spacial score (nSPS) is 16.6. The summed E-state index contributed by atoms with van der Waals surface area (Å²) in [5.41, 5.74) is -0.342. The maximum absolute atomic E-state index is 13.3. The van der Waals surface area contributed by atoms with Gasteiger partial charge in [-0.05, 0) is 33.3 Å². The van der Waals surface area contributed by atoms with E-state index in [1.54, 1.807) is 28.1 Å². The van der Waals surface area contributed by atoms with Crippen LogP contribution in [0.15, 0.2) is 29.2 Å². The fourth-order valence-corrected chi connectivity index (χ4v) is 5.51. The van der Waals surface area contributed by atoms with Crippen LogP contribution in [0.3, 0.4) is 0 Å². The summed E-state index contributed by atoms with van der Waals surface area (Å²) in [6.07, 6.45) is 1.84. The van der Waals surface area contributed by atoms with Crippen LogP contribution >= 0.6 is 0 Å². The van der Waals surface area contributed by atoms with Crippen LogP contribution in [0, 0.1) is 0 Å². The smallest absolute Gasteiger partial charge is 0.410 e. The van der Waals surface area contributed by atoms with Gasteiger partial charge in [-0.15, -0.1) is 0 Å². The zero-order valence-corrected chi connectivity index (χ0v) is 30.4. The number of anilines is 1. The van der Waals surface area contributed by atoms with E-state index < -0.39 is 23.1 Å². The molecule has 0 bridgehead atoms. The van der Waals surface area contributed by atoms with Gasteiger partial charge in [-0.2, -0.15) is 5.10 Å². The molecule has 2 fully saturated rings. The summed E-state index contributed by atoms with van der Waals surface area (Å²) in [7, 11) is 0. The van der Waals surface area contributed by atoms with E-state index in [0.717, 1.165) is 4.68 Å². The van der Waals surface area contributed by atoms with Crippen molar-refractivity contribution in [2.45, 2.75) is 51.7 Å². The summed E-state index contributed by atoms with van der Waals surface area (Å²) >= 11 is 0. The molecule has 2 N–H and O–H groups in total. The van der Waals surface area contributed by atoms with Gasteiger partial charge < -0.3 is 43.5 Å². The third-order valence-electron chi connectivity index (χ3n) is 8.14. The highest BCUT2D eigenvalue weighted by Gasteiger charge is 2.30. The second kappa shape index (κ2) is 20.8. The molecule has 1 aromatic heterocycles. The van der Waals surface area contributed by atoms with E-state index in [2.05, 4.69) is 15.7 Å². The predicted octanol–water partition coefficient (Wildman–Crippen LogP) is 1.34. The average Bonchev–Trinajstić information content (AvgIpc) is 3.11. The molecule has 2 saturated heterocycles. The zero-order valence-electron chi connectivity index (χ0n) is 30.4. The molecular weight excluding hydrogens is 680 g/mol. The molecule has 2 aromatic rings. The molecule has 2 aliphatic heterocycles. The third kappa shape index (κ3) is 13.1. The molecule has 1 atom stereocenters.